The van der Waals surface area contributed by atoms with Gasteiger partial charge in [0.15, 0.2) is 0 Å². The van der Waals surface area contributed by atoms with E-state index in [1.54, 1.807) is 0 Å². The maximum atomic E-state index is 11.7. The minimum Gasteiger partial charge on any atom is -0.382 e. The molecule has 0 aliphatic carbocycles. The van der Waals surface area contributed by atoms with E-state index in [4.69, 9.17) is 20.9 Å². The lowest BCUT2D eigenvalue weighted by molar-refractivity contribution is 0.128. The zero-order valence-corrected chi connectivity index (χ0v) is 14.4. The van der Waals surface area contributed by atoms with Gasteiger partial charge in [-0.05, 0) is 13.3 Å². The van der Waals surface area contributed by atoms with Crippen LogP contribution in [-0.4, -0.2) is 40.4 Å². The minimum atomic E-state index is -3.71. The average molecular weight is 367 g/mol. The summed E-state index contributed by atoms with van der Waals surface area (Å²) in [6, 6.07) is 0. The summed E-state index contributed by atoms with van der Waals surface area (Å²) in [7, 11) is -3.71. The smallest absolute Gasteiger partial charge is 0.331 e. The second-order valence-electron chi connectivity index (χ2n) is 4.56. The van der Waals surface area contributed by atoms with Gasteiger partial charge >= 0.3 is 13.3 Å². The normalized spacial score (nSPS) is 14.2. The lowest BCUT2D eigenvalue weighted by Crippen LogP contribution is -2.29. The topological polar surface area (TPSA) is 111 Å². The highest BCUT2D eigenvalue weighted by molar-refractivity contribution is 7.53. The lowest BCUT2D eigenvalue weighted by atomic mass is 10.5. The zero-order chi connectivity index (χ0) is 17.3. The summed E-state index contributed by atoms with van der Waals surface area (Å²) in [6.07, 6.45) is 4.52. The summed E-state index contributed by atoms with van der Waals surface area (Å²) in [4.78, 5) is 34.3. The van der Waals surface area contributed by atoms with Crippen LogP contribution in [0.5, 0.6) is 0 Å². The van der Waals surface area contributed by atoms with Gasteiger partial charge in [-0.2, -0.15) is 0 Å². The fourth-order valence-corrected chi connectivity index (χ4v) is 2.68. The standard InChI is InChI=1S/C13H20ClN2O6P/c1-2-21-7-5-8-22-23(19,20)9-4-3-6-16-10-11(14)12(17)15-13(16)18/h3-4,10H,2,5-9H2,1H3,(H,19,20)(H,15,17,18)/b4-3+. The summed E-state index contributed by atoms with van der Waals surface area (Å²) in [5, 5.41) is -0.108. The molecule has 1 rings (SSSR count). The number of hydrogen-bond donors (Lipinski definition) is 2. The largest absolute Gasteiger partial charge is 0.382 e. The highest BCUT2D eigenvalue weighted by Gasteiger charge is 2.16. The molecule has 0 aliphatic rings. The third kappa shape index (κ3) is 7.76. The van der Waals surface area contributed by atoms with Crippen LogP contribution in [-0.2, 0) is 20.4 Å². The van der Waals surface area contributed by atoms with Crippen molar-refractivity contribution in [1.29, 1.82) is 0 Å². The summed E-state index contributed by atoms with van der Waals surface area (Å²) in [5.41, 5.74) is -1.26. The van der Waals surface area contributed by atoms with E-state index in [1.807, 2.05) is 6.92 Å². The van der Waals surface area contributed by atoms with Crippen molar-refractivity contribution in [2.75, 3.05) is 26.0 Å². The minimum absolute atomic E-state index is 0.108. The van der Waals surface area contributed by atoms with Gasteiger partial charge in [-0.15, -0.1) is 0 Å². The molecule has 2 N–H and O–H groups in total. The van der Waals surface area contributed by atoms with Crippen LogP contribution < -0.4 is 11.2 Å². The molecule has 0 radical (unpaired) electrons. The molecule has 0 aromatic carbocycles. The predicted molar refractivity (Wildman–Crippen MR) is 87.2 cm³/mol. The van der Waals surface area contributed by atoms with Crippen molar-refractivity contribution >= 4 is 19.2 Å². The van der Waals surface area contributed by atoms with Crippen LogP contribution >= 0.6 is 19.2 Å². The number of halogens is 1. The maximum Gasteiger partial charge on any atom is 0.331 e. The van der Waals surface area contributed by atoms with Crippen LogP contribution in [0, 0.1) is 0 Å². The molecule has 0 spiro atoms. The molecule has 0 fully saturated rings. The van der Waals surface area contributed by atoms with E-state index < -0.39 is 18.8 Å². The van der Waals surface area contributed by atoms with E-state index in [2.05, 4.69) is 4.98 Å². The second kappa shape index (κ2) is 9.85. The Kier molecular flexibility index (Phi) is 8.51. The van der Waals surface area contributed by atoms with Crippen LogP contribution in [0.1, 0.15) is 13.3 Å². The number of ether oxygens (including phenoxy) is 1. The molecule has 23 heavy (non-hydrogen) atoms. The van der Waals surface area contributed by atoms with E-state index in [9.17, 15) is 19.0 Å². The Labute approximate surface area is 138 Å². The molecule has 1 heterocycles. The molecule has 8 nitrogen and oxygen atoms in total. The third-order valence-electron chi connectivity index (χ3n) is 2.70. The van der Waals surface area contributed by atoms with Crippen molar-refractivity contribution in [2.45, 2.75) is 19.9 Å². The third-order valence-corrected chi connectivity index (χ3v) is 4.23. The van der Waals surface area contributed by atoms with Crippen molar-refractivity contribution < 1.29 is 18.7 Å². The van der Waals surface area contributed by atoms with Crippen molar-refractivity contribution in [2.24, 2.45) is 0 Å². The van der Waals surface area contributed by atoms with Crippen LogP contribution in [0.15, 0.2) is 27.9 Å². The van der Waals surface area contributed by atoms with Crippen molar-refractivity contribution in [1.82, 2.24) is 9.55 Å². The van der Waals surface area contributed by atoms with Crippen molar-refractivity contribution in [3.63, 3.8) is 0 Å². The SMILES string of the molecule is CCOCCCOP(=O)(O)C/C=C/Cn1cc(Cl)c(=O)[nH]c1=O. The van der Waals surface area contributed by atoms with E-state index >= 15 is 0 Å². The number of aromatic amines is 1. The Morgan fingerprint density at radius 2 is 2.13 bits per heavy atom. The highest BCUT2D eigenvalue weighted by atomic mass is 35.5. The maximum absolute atomic E-state index is 11.7. The Balaban J connectivity index is 2.43. The van der Waals surface area contributed by atoms with E-state index in [0.717, 1.165) is 0 Å². The second-order valence-corrected chi connectivity index (χ2v) is 6.87. The molecule has 1 aromatic heterocycles. The van der Waals surface area contributed by atoms with Gasteiger partial charge in [0.1, 0.15) is 5.02 Å². The number of nitrogens with zero attached hydrogens (tertiary/aromatic N) is 1. The Morgan fingerprint density at radius 3 is 2.83 bits per heavy atom. The fraction of sp³-hybridized carbons (Fsp3) is 0.538. The van der Waals surface area contributed by atoms with Crippen LogP contribution in [0.4, 0.5) is 0 Å². The number of hydrogen-bond acceptors (Lipinski definition) is 5. The number of H-pyrrole nitrogens is 1. The number of allylic oxidation sites excluding steroid dienone is 2. The molecule has 130 valence electrons. The number of nitrogens with one attached hydrogen (secondary N) is 1. The first-order valence-corrected chi connectivity index (χ1v) is 9.18. The number of rotatable bonds is 10. The van der Waals surface area contributed by atoms with Crippen LogP contribution in [0.25, 0.3) is 0 Å². The summed E-state index contributed by atoms with van der Waals surface area (Å²) in [6.45, 7) is 3.18. The molecule has 1 atom stereocenters. The fourth-order valence-electron chi connectivity index (χ4n) is 1.58. The average Bonchev–Trinajstić information content (AvgIpc) is 2.48. The van der Waals surface area contributed by atoms with Gasteiger partial charge in [0, 0.05) is 26.0 Å². The summed E-state index contributed by atoms with van der Waals surface area (Å²) >= 11 is 5.62. The van der Waals surface area contributed by atoms with E-state index in [1.165, 1.54) is 22.9 Å². The zero-order valence-electron chi connectivity index (χ0n) is 12.7. The highest BCUT2D eigenvalue weighted by Crippen LogP contribution is 2.41. The summed E-state index contributed by atoms with van der Waals surface area (Å²) in [5.74, 6) is 0. The van der Waals surface area contributed by atoms with Gasteiger partial charge < -0.3 is 14.2 Å². The molecule has 0 amide bonds. The van der Waals surface area contributed by atoms with Crippen molar-refractivity contribution in [3.8, 4) is 0 Å². The first kappa shape index (κ1) is 19.9. The summed E-state index contributed by atoms with van der Waals surface area (Å²) < 4.78 is 22.9. The molecular formula is C13H20ClN2O6P. The molecular weight excluding hydrogens is 347 g/mol. The molecule has 0 aliphatic heterocycles. The molecule has 10 heteroatoms. The van der Waals surface area contributed by atoms with Gasteiger partial charge in [0.2, 0.25) is 0 Å². The first-order valence-electron chi connectivity index (χ1n) is 7.04. The van der Waals surface area contributed by atoms with Gasteiger partial charge in [0.25, 0.3) is 5.56 Å². The molecule has 0 saturated carbocycles. The molecule has 1 aromatic rings. The van der Waals surface area contributed by atoms with E-state index in [0.29, 0.717) is 19.6 Å². The van der Waals surface area contributed by atoms with Gasteiger partial charge in [-0.25, -0.2) is 4.79 Å². The van der Waals surface area contributed by atoms with Gasteiger partial charge in [-0.3, -0.25) is 18.9 Å². The lowest BCUT2D eigenvalue weighted by Gasteiger charge is -2.10. The predicted octanol–water partition coefficient (Wildman–Crippen LogP) is 1.37. The van der Waals surface area contributed by atoms with Gasteiger partial charge in [-0.1, -0.05) is 23.8 Å². The molecule has 0 bridgehead atoms. The quantitative estimate of drug-likeness (QED) is 0.367. The van der Waals surface area contributed by atoms with E-state index in [-0.39, 0.29) is 24.3 Å². The van der Waals surface area contributed by atoms with Gasteiger partial charge in [0.05, 0.1) is 12.8 Å². The number of aromatic nitrogens is 2. The Morgan fingerprint density at radius 1 is 1.39 bits per heavy atom. The van der Waals surface area contributed by atoms with Crippen LogP contribution in [0.2, 0.25) is 5.02 Å². The van der Waals surface area contributed by atoms with Crippen LogP contribution in [0.3, 0.4) is 0 Å². The van der Waals surface area contributed by atoms with Crippen molar-refractivity contribution in [3.05, 3.63) is 44.2 Å². The first-order chi connectivity index (χ1) is 10.9. The molecule has 1 unspecified atom stereocenters. The Hall–Kier alpha value is -1.18. The monoisotopic (exact) mass is 366 g/mol. The molecule has 0 saturated heterocycles. The Bertz CT molecular complexity index is 684.